The van der Waals surface area contributed by atoms with Gasteiger partial charge in [0, 0.05) is 30.6 Å². The predicted octanol–water partition coefficient (Wildman–Crippen LogP) is 3.39. The summed E-state index contributed by atoms with van der Waals surface area (Å²) in [6.07, 6.45) is 3.16. The molecule has 2 rings (SSSR count). The van der Waals surface area contributed by atoms with E-state index in [1.807, 2.05) is 46.8 Å². The van der Waals surface area contributed by atoms with Crippen molar-refractivity contribution < 1.29 is 19.0 Å². The molecule has 0 aliphatic carbocycles. The van der Waals surface area contributed by atoms with Gasteiger partial charge in [0.05, 0.1) is 23.9 Å². The molecular formula is C21H29N3O4. The van der Waals surface area contributed by atoms with Gasteiger partial charge >= 0.3 is 0 Å². The first-order valence-electron chi connectivity index (χ1n) is 9.36. The van der Waals surface area contributed by atoms with Gasteiger partial charge in [-0.3, -0.25) is 4.79 Å². The highest BCUT2D eigenvalue weighted by Gasteiger charge is 2.11. The van der Waals surface area contributed by atoms with Crippen LogP contribution in [-0.2, 0) is 11.3 Å². The minimum absolute atomic E-state index is 0.00916. The molecule has 0 atom stereocenters. The Morgan fingerprint density at radius 1 is 1.14 bits per heavy atom. The van der Waals surface area contributed by atoms with Crippen LogP contribution in [-0.4, -0.2) is 40.8 Å². The van der Waals surface area contributed by atoms with Crippen molar-refractivity contribution in [1.29, 1.82) is 0 Å². The number of carbonyl (C=O) groups excluding carboxylic acids is 1. The lowest BCUT2D eigenvalue weighted by atomic mass is 10.2. The van der Waals surface area contributed by atoms with Crippen LogP contribution in [0.25, 0.3) is 0 Å². The average Bonchev–Trinajstić information content (AvgIpc) is 2.63. The number of nitrogens with one attached hydrogen (secondary N) is 1. The molecule has 0 spiro atoms. The van der Waals surface area contributed by atoms with Crippen LogP contribution in [0, 0.1) is 0 Å². The smallest absolute Gasteiger partial charge is 0.253 e. The lowest BCUT2D eigenvalue weighted by molar-refractivity contribution is -0.0168. The number of pyridine rings is 2. The van der Waals surface area contributed by atoms with Crippen LogP contribution >= 0.6 is 0 Å². The maximum Gasteiger partial charge on any atom is 0.253 e. The molecule has 0 fully saturated rings. The highest BCUT2D eigenvalue weighted by Crippen LogP contribution is 2.16. The molecule has 0 radical (unpaired) electrons. The summed E-state index contributed by atoms with van der Waals surface area (Å²) in [5.41, 5.74) is 1.07. The Morgan fingerprint density at radius 2 is 1.93 bits per heavy atom. The highest BCUT2D eigenvalue weighted by atomic mass is 16.5. The lowest BCUT2D eigenvalue weighted by Gasteiger charge is -2.19. The van der Waals surface area contributed by atoms with Gasteiger partial charge in [0.15, 0.2) is 0 Å². The van der Waals surface area contributed by atoms with Crippen LogP contribution in [0.5, 0.6) is 11.8 Å². The Hall–Kier alpha value is -2.67. The summed E-state index contributed by atoms with van der Waals surface area (Å²) >= 11 is 0. The number of amides is 1. The topological polar surface area (TPSA) is 82.6 Å². The zero-order valence-electron chi connectivity index (χ0n) is 17.2. The summed E-state index contributed by atoms with van der Waals surface area (Å²) in [7, 11) is 0. The number of hydrogen-bond acceptors (Lipinski definition) is 6. The molecule has 28 heavy (non-hydrogen) atoms. The van der Waals surface area contributed by atoms with E-state index in [1.165, 1.54) is 6.20 Å². The first-order valence-corrected chi connectivity index (χ1v) is 9.36. The Labute approximate surface area is 166 Å². The second-order valence-electron chi connectivity index (χ2n) is 7.51. The average molecular weight is 387 g/mol. The monoisotopic (exact) mass is 387 g/mol. The summed E-state index contributed by atoms with van der Waals surface area (Å²) in [6.45, 7) is 11.0. The van der Waals surface area contributed by atoms with Crippen molar-refractivity contribution in [3.63, 3.8) is 0 Å². The van der Waals surface area contributed by atoms with Crippen LogP contribution in [0.1, 0.15) is 50.5 Å². The van der Waals surface area contributed by atoms with Crippen LogP contribution in [0.2, 0.25) is 0 Å². The highest BCUT2D eigenvalue weighted by molar-refractivity contribution is 5.93. The fourth-order valence-electron chi connectivity index (χ4n) is 2.26. The van der Waals surface area contributed by atoms with Crippen molar-refractivity contribution in [2.45, 2.75) is 52.9 Å². The van der Waals surface area contributed by atoms with Gasteiger partial charge in [-0.2, -0.15) is 0 Å². The number of rotatable bonds is 9. The molecule has 0 aliphatic rings. The quantitative estimate of drug-likeness (QED) is 0.664. The molecule has 0 bridgehead atoms. The molecule has 0 saturated carbocycles. The SMILES string of the molecule is CC(C)Oc1ncccc1CNC(=O)c1ccc(OCCOC(C)(C)C)nc1. The molecule has 1 N–H and O–H groups in total. The molecule has 0 saturated heterocycles. The van der Waals surface area contributed by atoms with Crippen LogP contribution in [0.3, 0.4) is 0 Å². The zero-order chi connectivity index (χ0) is 20.6. The van der Waals surface area contributed by atoms with E-state index in [0.717, 1.165) is 5.56 Å². The number of nitrogens with zero attached hydrogens (tertiary/aromatic N) is 2. The number of carbonyl (C=O) groups is 1. The lowest BCUT2D eigenvalue weighted by Crippen LogP contribution is -2.24. The van der Waals surface area contributed by atoms with Gasteiger partial charge in [-0.15, -0.1) is 0 Å². The molecule has 2 aromatic rings. The van der Waals surface area contributed by atoms with E-state index < -0.39 is 0 Å². The molecule has 0 unspecified atom stereocenters. The minimum Gasteiger partial charge on any atom is -0.475 e. The van der Waals surface area contributed by atoms with E-state index in [-0.39, 0.29) is 17.6 Å². The Balaban J connectivity index is 1.85. The maximum absolute atomic E-state index is 12.4. The first kappa shape index (κ1) is 21.6. The van der Waals surface area contributed by atoms with Crippen molar-refractivity contribution in [2.24, 2.45) is 0 Å². The van der Waals surface area contributed by atoms with Gasteiger partial charge in [-0.1, -0.05) is 6.07 Å². The number of ether oxygens (including phenoxy) is 3. The van der Waals surface area contributed by atoms with Crippen molar-refractivity contribution in [3.8, 4) is 11.8 Å². The van der Waals surface area contributed by atoms with Gasteiger partial charge < -0.3 is 19.5 Å². The second-order valence-corrected chi connectivity index (χ2v) is 7.51. The summed E-state index contributed by atoms with van der Waals surface area (Å²) in [5.74, 6) is 0.751. The van der Waals surface area contributed by atoms with Crippen molar-refractivity contribution in [3.05, 3.63) is 47.8 Å². The standard InChI is InChI=1S/C21H29N3O4/c1-15(2)28-20-17(7-6-10-22-20)14-24-19(25)16-8-9-18(23-13-16)26-11-12-27-21(3,4)5/h6-10,13,15H,11-12,14H2,1-5H3,(H,24,25). The normalized spacial score (nSPS) is 11.4. The fraction of sp³-hybridized carbons (Fsp3) is 0.476. The third-order valence-electron chi connectivity index (χ3n) is 3.50. The zero-order valence-corrected chi connectivity index (χ0v) is 17.2. The number of aromatic nitrogens is 2. The van der Waals surface area contributed by atoms with Gasteiger partial charge in [-0.05, 0) is 46.8 Å². The van der Waals surface area contributed by atoms with Crippen LogP contribution in [0.4, 0.5) is 0 Å². The minimum atomic E-state index is -0.227. The van der Waals surface area contributed by atoms with Crippen molar-refractivity contribution in [2.75, 3.05) is 13.2 Å². The summed E-state index contributed by atoms with van der Waals surface area (Å²) in [6, 6.07) is 7.03. The van der Waals surface area contributed by atoms with Gasteiger partial charge in [-0.25, -0.2) is 9.97 Å². The maximum atomic E-state index is 12.4. The van der Waals surface area contributed by atoms with Crippen LogP contribution < -0.4 is 14.8 Å². The Morgan fingerprint density at radius 3 is 2.57 bits per heavy atom. The molecule has 152 valence electrons. The van der Waals surface area contributed by atoms with Gasteiger partial charge in [0.2, 0.25) is 11.8 Å². The van der Waals surface area contributed by atoms with E-state index in [1.54, 1.807) is 18.3 Å². The molecule has 0 aliphatic heterocycles. The molecule has 7 heteroatoms. The second kappa shape index (κ2) is 10.0. The van der Waals surface area contributed by atoms with E-state index in [9.17, 15) is 4.79 Å². The first-order chi connectivity index (χ1) is 13.2. The van der Waals surface area contributed by atoms with Crippen LogP contribution in [0.15, 0.2) is 36.7 Å². The summed E-state index contributed by atoms with van der Waals surface area (Å²) < 4.78 is 16.8. The summed E-state index contributed by atoms with van der Waals surface area (Å²) in [4.78, 5) is 20.7. The third kappa shape index (κ3) is 7.52. The molecular weight excluding hydrogens is 358 g/mol. The Bertz CT molecular complexity index is 755. The van der Waals surface area contributed by atoms with E-state index in [0.29, 0.717) is 37.1 Å². The van der Waals surface area contributed by atoms with Gasteiger partial charge in [0.25, 0.3) is 5.91 Å². The molecule has 2 aromatic heterocycles. The van der Waals surface area contributed by atoms with E-state index in [2.05, 4.69) is 15.3 Å². The largest absolute Gasteiger partial charge is 0.475 e. The van der Waals surface area contributed by atoms with Gasteiger partial charge in [0.1, 0.15) is 6.61 Å². The molecule has 7 nitrogen and oxygen atoms in total. The predicted molar refractivity (Wildman–Crippen MR) is 107 cm³/mol. The third-order valence-corrected chi connectivity index (χ3v) is 3.50. The van der Waals surface area contributed by atoms with E-state index >= 15 is 0 Å². The fourth-order valence-corrected chi connectivity index (χ4v) is 2.26. The molecule has 0 aromatic carbocycles. The van der Waals surface area contributed by atoms with Crippen molar-refractivity contribution >= 4 is 5.91 Å². The number of hydrogen-bond donors (Lipinski definition) is 1. The summed E-state index contributed by atoms with van der Waals surface area (Å²) in [5, 5.41) is 2.86. The Kier molecular flexibility index (Phi) is 7.75. The van der Waals surface area contributed by atoms with E-state index in [4.69, 9.17) is 14.2 Å². The van der Waals surface area contributed by atoms with Crippen molar-refractivity contribution in [1.82, 2.24) is 15.3 Å². The molecule has 2 heterocycles. The molecule has 1 amide bonds.